The number of likely N-dealkylation sites (N-methyl/N-ethyl adjacent to an activating group) is 1. The van der Waals surface area contributed by atoms with Crippen LogP contribution in [0.4, 0.5) is 13.2 Å². The second-order valence-corrected chi connectivity index (χ2v) is 8.32. The molecule has 1 aromatic heterocycles. The molecule has 0 saturated heterocycles. The molecule has 0 aliphatic rings. The summed E-state index contributed by atoms with van der Waals surface area (Å²) in [7, 11) is -2.59. The van der Waals surface area contributed by atoms with Gasteiger partial charge in [-0.25, -0.2) is 13.4 Å². The molecule has 0 fully saturated rings. The van der Waals surface area contributed by atoms with Crippen molar-refractivity contribution in [2.24, 2.45) is 0 Å². The zero-order valence-electron chi connectivity index (χ0n) is 12.7. The average Bonchev–Trinajstić information content (AvgIpc) is 2.92. The molecule has 2 aromatic rings. The minimum atomic E-state index is -4.76. The summed E-state index contributed by atoms with van der Waals surface area (Å²) < 4.78 is 63.3. The van der Waals surface area contributed by atoms with Crippen molar-refractivity contribution in [2.45, 2.75) is 23.2 Å². The standard InChI is InChI=1S/C14H12ClF3N2O3S2/c1-19-12(21)5-13-20-8(6-24-13)7-25(22,23)9-2-3-11(15)10(4-9)14(16,17)18/h2-4,6H,5,7H2,1H3,(H,19,21). The zero-order chi connectivity index (χ0) is 18.8. The molecule has 0 aliphatic carbocycles. The summed E-state index contributed by atoms with van der Waals surface area (Å²) in [6.07, 6.45) is -4.76. The number of carbonyl (C=O) groups excluding carboxylic acids is 1. The van der Waals surface area contributed by atoms with Crippen LogP contribution < -0.4 is 5.32 Å². The number of alkyl halides is 3. The largest absolute Gasteiger partial charge is 0.417 e. The number of halogens is 4. The van der Waals surface area contributed by atoms with Crippen LogP contribution in [0.15, 0.2) is 28.5 Å². The highest BCUT2D eigenvalue weighted by Crippen LogP contribution is 2.36. The number of rotatable bonds is 5. The first-order valence-electron chi connectivity index (χ1n) is 6.76. The number of hydrogen-bond donors (Lipinski definition) is 1. The normalized spacial score (nSPS) is 12.2. The van der Waals surface area contributed by atoms with Gasteiger partial charge in [0.1, 0.15) is 5.01 Å². The Bertz CT molecular complexity index is 895. The topological polar surface area (TPSA) is 76.1 Å². The van der Waals surface area contributed by atoms with Crippen LogP contribution >= 0.6 is 22.9 Å². The van der Waals surface area contributed by atoms with Gasteiger partial charge in [0.2, 0.25) is 5.91 Å². The molecule has 0 spiro atoms. The molecule has 0 unspecified atom stereocenters. The van der Waals surface area contributed by atoms with Crippen molar-refractivity contribution in [1.82, 2.24) is 10.3 Å². The molecule has 1 N–H and O–H groups in total. The number of nitrogens with zero attached hydrogens (tertiary/aromatic N) is 1. The smallest absolute Gasteiger partial charge is 0.359 e. The highest BCUT2D eigenvalue weighted by atomic mass is 35.5. The Kier molecular flexibility index (Phi) is 5.75. The molecule has 0 aliphatic heterocycles. The Labute approximate surface area is 150 Å². The lowest BCUT2D eigenvalue weighted by Gasteiger charge is -2.11. The van der Waals surface area contributed by atoms with Crippen molar-refractivity contribution in [2.75, 3.05) is 7.05 Å². The fourth-order valence-corrected chi connectivity index (χ4v) is 4.31. The van der Waals surface area contributed by atoms with E-state index >= 15 is 0 Å². The summed E-state index contributed by atoms with van der Waals surface area (Å²) in [5.41, 5.74) is -1.05. The van der Waals surface area contributed by atoms with Crippen molar-refractivity contribution >= 4 is 38.7 Å². The molecule has 0 atom stereocenters. The predicted octanol–water partition coefficient (Wildman–Crippen LogP) is 3.08. The summed E-state index contributed by atoms with van der Waals surface area (Å²) in [6, 6.07) is 2.43. The Morgan fingerprint density at radius 1 is 1.36 bits per heavy atom. The van der Waals surface area contributed by atoms with E-state index in [-0.39, 0.29) is 18.0 Å². The molecule has 11 heteroatoms. The Morgan fingerprint density at radius 3 is 2.64 bits per heavy atom. The number of hydrogen-bond acceptors (Lipinski definition) is 5. The molecule has 2 rings (SSSR count). The maximum absolute atomic E-state index is 12.9. The van der Waals surface area contributed by atoms with Crippen molar-refractivity contribution in [3.63, 3.8) is 0 Å². The van der Waals surface area contributed by atoms with Gasteiger partial charge in [0, 0.05) is 12.4 Å². The molecular weight excluding hydrogens is 401 g/mol. The molecule has 25 heavy (non-hydrogen) atoms. The number of sulfone groups is 1. The number of benzene rings is 1. The van der Waals surface area contributed by atoms with Gasteiger partial charge in [0.15, 0.2) is 9.84 Å². The van der Waals surface area contributed by atoms with E-state index < -0.39 is 37.2 Å². The third kappa shape index (κ3) is 4.93. The number of aromatic nitrogens is 1. The highest BCUT2D eigenvalue weighted by Gasteiger charge is 2.34. The van der Waals surface area contributed by atoms with Crippen LogP contribution in [0.25, 0.3) is 0 Å². The summed E-state index contributed by atoms with van der Waals surface area (Å²) in [5, 5.41) is 3.71. The van der Waals surface area contributed by atoms with Crippen LogP contribution in [0.3, 0.4) is 0 Å². The fraction of sp³-hybridized carbons (Fsp3) is 0.286. The van der Waals surface area contributed by atoms with E-state index in [2.05, 4.69) is 10.3 Å². The second kappa shape index (κ2) is 7.30. The van der Waals surface area contributed by atoms with E-state index in [0.29, 0.717) is 11.1 Å². The second-order valence-electron chi connectivity index (χ2n) is 4.98. The van der Waals surface area contributed by atoms with Crippen LogP contribution in [0.1, 0.15) is 16.3 Å². The van der Waals surface area contributed by atoms with E-state index in [1.165, 1.54) is 12.4 Å². The Balaban J connectivity index is 2.27. The first-order chi connectivity index (χ1) is 11.5. The van der Waals surface area contributed by atoms with Gasteiger partial charge >= 0.3 is 6.18 Å². The molecule has 0 radical (unpaired) electrons. The highest BCUT2D eigenvalue weighted by molar-refractivity contribution is 7.90. The summed E-state index contributed by atoms with van der Waals surface area (Å²) >= 11 is 6.59. The van der Waals surface area contributed by atoms with Crippen molar-refractivity contribution in [1.29, 1.82) is 0 Å². The number of carbonyl (C=O) groups is 1. The van der Waals surface area contributed by atoms with E-state index in [0.717, 1.165) is 23.5 Å². The predicted molar refractivity (Wildman–Crippen MR) is 87.2 cm³/mol. The van der Waals surface area contributed by atoms with Crippen molar-refractivity contribution in [3.8, 4) is 0 Å². The van der Waals surface area contributed by atoms with E-state index in [9.17, 15) is 26.4 Å². The van der Waals surface area contributed by atoms with Crippen molar-refractivity contribution < 1.29 is 26.4 Å². The molecule has 0 bridgehead atoms. The third-order valence-electron chi connectivity index (χ3n) is 3.13. The first kappa shape index (κ1) is 19.7. The third-order valence-corrected chi connectivity index (χ3v) is 6.01. The van der Waals surface area contributed by atoms with Gasteiger partial charge in [-0.15, -0.1) is 11.3 Å². The van der Waals surface area contributed by atoms with Crippen LogP contribution in [0.2, 0.25) is 5.02 Å². The summed E-state index contributed by atoms with van der Waals surface area (Å²) in [4.78, 5) is 14.8. The Morgan fingerprint density at radius 2 is 2.04 bits per heavy atom. The van der Waals surface area contributed by atoms with Crippen LogP contribution in [-0.2, 0) is 33.0 Å². The van der Waals surface area contributed by atoms with Gasteiger partial charge in [-0.2, -0.15) is 13.2 Å². The van der Waals surface area contributed by atoms with E-state index in [4.69, 9.17) is 11.6 Å². The van der Waals surface area contributed by atoms with Gasteiger partial charge in [-0.3, -0.25) is 4.79 Å². The molecular formula is C14H12ClF3N2O3S2. The minimum absolute atomic E-state index is 0.000378. The maximum atomic E-state index is 12.9. The molecule has 1 aromatic carbocycles. The van der Waals surface area contributed by atoms with E-state index in [1.54, 1.807) is 0 Å². The lowest BCUT2D eigenvalue weighted by molar-refractivity contribution is -0.137. The molecule has 136 valence electrons. The van der Waals surface area contributed by atoms with Gasteiger partial charge in [-0.05, 0) is 18.2 Å². The molecule has 1 heterocycles. The number of thiazole rings is 1. The van der Waals surface area contributed by atoms with Gasteiger partial charge in [0.05, 0.1) is 33.3 Å². The lowest BCUT2D eigenvalue weighted by atomic mass is 10.2. The summed E-state index contributed by atoms with van der Waals surface area (Å²) in [5.74, 6) is -0.854. The van der Waals surface area contributed by atoms with Crippen LogP contribution in [0.5, 0.6) is 0 Å². The SMILES string of the molecule is CNC(=O)Cc1nc(CS(=O)(=O)c2ccc(Cl)c(C(F)(F)F)c2)cs1. The van der Waals surface area contributed by atoms with Crippen LogP contribution in [-0.4, -0.2) is 26.4 Å². The Hall–Kier alpha value is -1.65. The molecule has 0 saturated carbocycles. The lowest BCUT2D eigenvalue weighted by Crippen LogP contribution is -2.19. The van der Waals surface area contributed by atoms with Gasteiger partial charge in [-0.1, -0.05) is 11.6 Å². The zero-order valence-corrected chi connectivity index (χ0v) is 15.1. The van der Waals surface area contributed by atoms with E-state index in [1.807, 2.05) is 0 Å². The fourth-order valence-electron chi connectivity index (χ4n) is 1.92. The average molecular weight is 413 g/mol. The monoisotopic (exact) mass is 412 g/mol. The molecule has 5 nitrogen and oxygen atoms in total. The quantitative estimate of drug-likeness (QED) is 0.818. The van der Waals surface area contributed by atoms with Gasteiger partial charge < -0.3 is 5.32 Å². The first-order valence-corrected chi connectivity index (χ1v) is 9.67. The summed E-state index contributed by atoms with van der Waals surface area (Å²) in [6.45, 7) is 0. The maximum Gasteiger partial charge on any atom is 0.417 e. The van der Waals surface area contributed by atoms with Crippen molar-refractivity contribution in [3.05, 3.63) is 44.9 Å². The van der Waals surface area contributed by atoms with Gasteiger partial charge in [0.25, 0.3) is 0 Å². The van der Waals surface area contributed by atoms with Crippen LogP contribution in [0, 0.1) is 0 Å². The number of nitrogens with one attached hydrogen (secondary N) is 1. The minimum Gasteiger partial charge on any atom is -0.359 e. The molecule has 1 amide bonds. The number of amides is 1.